The van der Waals surface area contributed by atoms with E-state index in [-0.39, 0.29) is 18.8 Å². The Morgan fingerprint density at radius 2 is 1.84 bits per heavy atom. The molecule has 0 saturated heterocycles. The Hall–Kier alpha value is -4.19. The van der Waals surface area contributed by atoms with E-state index in [1.165, 1.54) is 6.33 Å². The molecule has 0 fully saturated rings. The Bertz CT molecular complexity index is 1220. The van der Waals surface area contributed by atoms with Crippen molar-refractivity contribution in [3.63, 3.8) is 0 Å². The van der Waals surface area contributed by atoms with Gasteiger partial charge in [0, 0.05) is 41.8 Å². The van der Waals surface area contributed by atoms with Gasteiger partial charge in [0.25, 0.3) is 0 Å². The van der Waals surface area contributed by atoms with Crippen LogP contribution in [0.25, 0.3) is 10.9 Å². The predicted molar refractivity (Wildman–Crippen MR) is 136 cm³/mol. The van der Waals surface area contributed by atoms with Crippen molar-refractivity contribution < 1.29 is 24.3 Å². The standard InChI is InChI=1S/C25H33N7O5/c1-3-14(2)22(25(36)37)32-21(33)12-29-24(35)20(8-15-10-28-19-7-5-4-6-17(15)19)31-23(34)18(26)9-16-11-27-13-30-16/h4-7,10-11,13-14,18,20,22,28H,3,8-9,12,26H2,1-2H3,(H,27,30)(H,29,35)(H,31,34)(H,32,33)(H,36,37). The number of carboxylic acids is 1. The van der Waals surface area contributed by atoms with Crippen molar-refractivity contribution >= 4 is 34.6 Å². The van der Waals surface area contributed by atoms with Crippen LogP contribution in [0, 0.1) is 5.92 Å². The normalized spacial score (nSPS) is 14.4. The molecule has 0 bridgehead atoms. The van der Waals surface area contributed by atoms with Crippen molar-refractivity contribution in [3.05, 3.63) is 54.2 Å². The molecule has 3 aromatic rings. The maximum atomic E-state index is 13.1. The van der Waals surface area contributed by atoms with Crippen LogP contribution in [-0.2, 0) is 32.0 Å². The summed E-state index contributed by atoms with van der Waals surface area (Å²) in [4.78, 5) is 59.8. The predicted octanol–water partition coefficient (Wildman–Crippen LogP) is 0.220. The average Bonchev–Trinajstić information content (AvgIpc) is 3.54. The first-order valence-corrected chi connectivity index (χ1v) is 12.1. The Labute approximate surface area is 213 Å². The van der Waals surface area contributed by atoms with E-state index >= 15 is 0 Å². The maximum absolute atomic E-state index is 13.1. The molecule has 8 N–H and O–H groups in total. The lowest BCUT2D eigenvalue weighted by Crippen LogP contribution is -2.55. The second-order valence-electron chi connectivity index (χ2n) is 9.00. The fourth-order valence-electron chi connectivity index (χ4n) is 3.93. The van der Waals surface area contributed by atoms with Crippen LogP contribution in [-0.4, -0.2) is 68.4 Å². The second-order valence-corrected chi connectivity index (χ2v) is 9.00. The Morgan fingerprint density at radius 3 is 2.51 bits per heavy atom. The number of amides is 3. The number of hydrogen-bond acceptors (Lipinski definition) is 6. The van der Waals surface area contributed by atoms with Crippen molar-refractivity contribution in [1.29, 1.82) is 0 Å². The van der Waals surface area contributed by atoms with Gasteiger partial charge in [-0.2, -0.15) is 0 Å². The molecular formula is C25H33N7O5. The smallest absolute Gasteiger partial charge is 0.326 e. The molecule has 0 radical (unpaired) electrons. The number of nitrogens with one attached hydrogen (secondary N) is 5. The minimum atomic E-state index is -1.15. The highest BCUT2D eigenvalue weighted by Gasteiger charge is 2.28. The van der Waals surface area contributed by atoms with Crippen LogP contribution in [0.2, 0.25) is 0 Å². The molecule has 37 heavy (non-hydrogen) atoms. The molecule has 12 nitrogen and oxygen atoms in total. The summed E-state index contributed by atoms with van der Waals surface area (Å²) in [5.74, 6) is -3.22. The number of nitrogens with zero attached hydrogens (tertiary/aromatic N) is 1. The molecule has 12 heteroatoms. The monoisotopic (exact) mass is 511 g/mol. The van der Waals surface area contributed by atoms with Crippen LogP contribution < -0.4 is 21.7 Å². The number of fused-ring (bicyclic) bond motifs is 1. The van der Waals surface area contributed by atoms with Crippen LogP contribution in [0.4, 0.5) is 0 Å². The van der Waals surface area contributed by atoms with Crippen LogP contribution in [0.15, 0.2) is 43.0 Å². The van der Waals surface area contributed by atoms with Crippen molar-refractivity contribution in [2.24, 2.45) is 11.7 Å². The summed E-state index contributed by atoms with van der Waals surface area (Å²) in [6.45, 7) is 3.10. The number of aromatic amines is 2. The average molecular weight is 512 g/mol. The van der Waals surface area contributed by atoms with Gasteiger partial charge < -0.3 is 36.8 Å². The van der Waals surface area contributed by atoms with E-state index in [1.807, 2.05) is 31.2 Å². The first kappa shape index (κ1) is 27.4. The van der Waals surface area contributed by atoms with Gasteiger partial charge in [-0.25, -0.2) is 9.78 Å². The van der Waals surface area contributed by atoms with Gasteiger partial charge in [0.15, 0.2) is 0 Å². The lowest BCUT2D eigenvalue weighted by molar-refractivity contribution is -0.143. The van der Waals surface area contributed by atoms with E-state index in [2.05, 4.69) is 30.9 Å². The molecule has 3 rings (SSSR count). The van der Waals surface area contributed by atoms with Crippen LogP contribution in [0.1, 0.15) is 31.5 Å². The van der Waals surface area contributed by atoms with Crippen molar-refractivity contribution in [2.75, 3.05) is 6.54 Å². The van der Waals surface area contributed by atoms with Gasteiger partial charge in [0.1, 0.15) is 12.1 Å². The number of para-hydroxylation sites is 1. The van der Waals surface area contributed by atoms with Gasteiger partial charge in [-0.05, 0) is 17.5 Å². The molecule has 4 atom stereocenters. The highest BCUT2D eigenvalue weighted by molar-refractivity contribution is 5.93. The lowest BCUT2D eigenvalue weighted by Gasteiger charge is -2.22. The number of carbonyl (C=O) groups excluding carboxylic acids is 3. The third-order valence-electron chi connectivity index (χ3n) is 6.28. The SMILES string of the molecule is CCC(C)C(NC(=O)CNC(=O)C(Cc1c[nH]c2ccccc12)NC(=O)C(N)Cc1cnc[nH]1)C(=O)O. The number of benzene rings is 1. The largest absolute Gasteiger partial charge is 0.480 e. The number of rotatable bonds is 13. The van der Waals surface area contributed by atoms with Crippen LogP contribution in [0.5, 0.6) is 0 Å². The van der Waals surface area contributed by atoms with Gasteiger partial charge in [-0.3, -0.25) is 14.4 Å². The number of H-pyrrole nitrogens is 2. The highest BCUT2D eigenvalue weighted by Crippen LogP contribution is 2.19. The van der Waals surface area contributed by atoms with Crippen molar-refractivity contribution in [3.8, 4) is 0 Å². The van der Waals surface area contributed by atoms with Gasteiger partial charge in [-0.1, -0.05) is 38.5 Å². The summed E-state index contributed by atoms with van der Waals surface area (Å²) in [6, 6.07) is 4.51. The molecule has 3 amide bonds. The number of carboxylic acid groups (broad SMARTS) is 1. The molecule has 0 saturated carbocycles. The number of nitrogens with two attached hydrogens (primary N) is 1. The first-order valence-electron chi connectivity index (χ1n) is 12.1. The maximum Gasteiger partial charge on any atom is 0.326 e. The van der Waals surface area contributed by atoms with E-state index in [9.17, 15) is 24.3 Å². The van der Waals surface area contributed by atoms with Gasteiger partial charge in [-0.15, -0.1) is 0 Å². The zero-order chi connectivity index (χ0) is 26.9. The minimum Gasteiger partial charge on any atom is -0.480 e. The third kappa shape index (κ3) is 7.40. The summed E-state index contributed by atoms with van der Waals surface area (Å²) in [7, 11) is 0. The summed E-state index contributed by atoms with van der Waals surface area (Å²) in [5, 5.41) is 17.9. The molecule has 4 unspecified atom stereocenters. The first-order chi connectivity index (χ1) is 17.7. The quantitative estimate of drug-likeness (QED) is 0.170. The summed E-state index contributed by atoms with van der Waals surface area (Å²) in [5.41, 5.74) is 8.40. The topological polar surface area (TPSA) is 195 Å². The molecule has 0 aliphatic rings. The third-order valence-corrected chi connectivity index (χ3v) is 6.28. The Morgan fingerprint density at radius 1 is 1.08 bits per heavy atom. The van der Waals surface area contributed by atoms with Gasteiger partial charge in [0.05, 0.1) is 18.9 Å². The van der Waals surface area contributed by atoms with E-state index in [0.717, 1.165) is 16.5 Å². The molecular weight excluding hydrogens is 478 g/mol. The molecule has 0 aliphatic carbocycles. The Kier molecular flexibility index (Phi) is 9.39. The zero-order valence-electron chi connectivity index (χ0n) is 20.8. The number of aromatic nitrogens is 3. The fourth-order valence-corrected chi connectivity index (χ4v) is 3.93. The molecule has 0 aliphatic heterocycles. The van der Waals surface area contributed by atoms with Crippen LogP contribution >= 0.6 is 0 Å². The fraction of sp³-hybridized carbons (Fsp3) is 0.400. The van der Waals surface area contributed by atoms with E-state index in [1.54, 1.807) is 19.3 Å². The van der Waals surface area contributed by atoms with Crippen LogP contribution in [0.3, 0.4) is 0 Å². The second kappa shape index (κ2) is 12.7. The van der Waals surface area contributed by atoms with E-state index < -0.39 is 48.4 Å². The molecule has 1 aromatic carbocycles. The molecule has 2 aromatic heterocycles. The summed E-state index contributed by atoms with van der Waals surface area (Å²) >= 11 is 0. The lowest BCUT2D eigenvalue weighted by atomic mass is 9.99. The van der Waals surface area contributed by atoms with E-state index in [4.69, 9.17) is 5.73 Å². The number of aliphatic carboxylic acids is 1. The Balaban J connectivity index is 1.70. The summed E-state index contributed by atoms with van der Waals surface area (Å²) < 4.78 is 0. The molecule has 198 valence electrons. The minimum absolute atomic E-state index is 0.143. The number of hydrogen-bond donors (Lipinski definition) is 7. The van der Waals surface area contributed by atoms with Gasteiger partial charge >= 0.3 is 5.97 Å². The number of carbonyl (C=O) groups is 4. The van der Waals surface area contributed by atoms with Gasteiger partial charge in [0.2, 0.25) is 17.7 Å². The summed E-state index contributed by atoms with van der Waals surface area (Å²) in [6.07, 6.45) is 5.70. The van der Waals surface area contributed by atoms with Crippen molar-refractivity contribution in [1.82, 2.24) is 30.9 Å². The molecule has 0 spiro atoms. The number of imidazole rings is 1. The van der Waals surface area contributed by atoms with E-state index in [0.29, 0.717) is 12.1 Å². The molecule has 2 heterocycles. The zero-order valence-corrected chi connectivity index (χ0v) is 20.8. The highest BCUT2D eigenvalue weighted by atomic mass is 16.4. The van der Waals surface area contributed by atoms with Crippen molar-refractivity contribution in [2.45, 2.75) is 51.2 Å².